The van der Waals surface area contributed by atoms with Crippen LogP contribution in [-0.2, 0) is 16.1 Å². The van der Waals surface area contributed by atoms with Gasteiger partial charge in [-0.15, -0.1) is 12.4 Å². The van der Waals surface area contributed by atoms with Crippen LogP contribution in [0, 0.1) is 5.92 Å². The summed E-state index contributed by atoms with van der Waals surface area (Å²) in [6.07, 6.45) is 3.59. The molecule has 1 aliphatic carbocycles. The Balaban J connectivity index is 0.00000312. The number of amides is 2. The van der Waals surface area contributed by atoms with Crippen LogP contribution in [0.4, 0.5) is 0 Å². The first-order valence-corrected chi connectivity index (χ1v) is 8.10. The predicted octanol–water partition coefficient (Wildman–Crippen LogP) is 1.11. The van der Waals surface area contributed by atoms with E-state index in [0.717, 1.165) is 24.8 Å². The van der Waals surface area contributed by atoms with E-state index in [-0.39, 0.29) is 36.9 Å². The van der Waals surface area contributed by atoms with Gasteiger partial charge in [-0.3, -0.25) is 9.59 Å². The Morgan fingerprint density at radius 3 is 2.64 bits per heavy atom. The molecule has 2 rings (SSSR count). The number of ether oxygens (including phenoxy) is 2. The summed E-state index contributed by atoms with van der Waals surface area (Å²) in [4.78, 5) is 22.8. The van der Waals surface area contributed by atoms with Crippen LogP contribution in [0.2, 0.25) is 0 Å². The molecule has 1 aliphatic rings. The third kappa shape index (κ3) is 6.43. The second-order valence-corrected chi connectivity index (χ2v) is 6.08. The third-order valence-electron chi connectivity index (χ3n) is 4.25. The fraction of sp³-hybridized carbons (Fsp3) is 0.529. The Labute approximate surface area is 153 Å². The molecule has 1 aromatic rings. The minimum Gasteiger partial charge on any atom is -0.493 e. The number of hydrogen-bond donors (Lipinski definition) is 3. The van der Waals surface area contributed by atoms with Crippen molar-refractivity contribution in [3.8, 4) is 11.5 Å². The lowest BCUT2D eigenvalue weighted by molar-refractivity contribution is -0.122. The number of nitrogens with two attached hydrogens (primary N) is 2. The van der Waals surface area contributed by atoms with Crippen molar-refractivity contribution in [1.82, 2.24) is 5.32 Å². The standard InChI is InChI=1S/C17H25N3O4.ClH/c1-23-15-7-11(5-6-14(15)24-10-16(19)21)9-20-17(22)8-12-3-2-4-13(12)18;/h5-7,12-13H,2-4,8-10,18H2,1H3,(H2,19,21)(H,20,22);1H/t12-,13+;/m0./s1. The lowest BCUT2D eigenvalue weighted by Crippen LogP contribution is -2.31. The largest absolute Gasteiger partial charge is 0.493 e. The number of carbonyl (C=O) groups is 2. The van der Waals surface area contributed by atoms with E-state index in [2.05, 4.69) is 5.32 Å². The average molecular weight is 372 g/mol. The summed E-state index contributed by atoms with van der Waals surface area (Å²) in [5, 5.41) is 2.90. The van der Waals surface area contributed by atoms with Crippen molar-refractivity contribution < 1.29 is 19.1 Å². The zero-order valence-electron chi connectivity index (χ0n) is 14.3. The van der Waals surface area contributed by atoms with Crippen LogP contribution in [-0.4, -0.2) is 31.6 Å². The molecule has 0 saturated heterocycles. The molecular formula is C17H26ClN3O4. The van der Waals surface area contributed by atoms with Gasteiger partial charge < -0.3 is 26.3 Å². The van der Waals surface area contributed by atoms with Gasteiger partial charge in [0.2, 0.25) is 5.91 Å². The van der Waals surface area contributed by atoms with Gasteiger partial charge in [0.25, 0.3) is 5.91 Å². The fourth-order valence-corrected chi connectivity index (χ4v) is 2.92. The van der Waals surface area contributed by atoms with E-state index < -0.39 is 5.91 Å². The summed E-state index contributed by atoms with van der Waals surface area (Å²) in [6.45, 7) is 0.182. The van der Waals surface area contributed by atoms with Gasteiger partial charge in [0, 0.05) is 19.0 Å². The molecule has 1 aromatic carbocycles. The molecule has 0 unspecified atom stereocenters. The SMILES string of the molecule is COc1cc(CNC(=O)C[C@@H]2CCC[C@H]2N)ccc1OCC(N)=O.Cl. The highest BCUT2D eigenvalue weighted by Crippen LogP contribution is 2.28. The van der Waals surface area contributed by atoms with E-state index in [1.807, 2.05) is 0 Å². The van der Waals surface area contributed by atoms with Crippen molar-refractivity contribution in [2.45, 2.75) is 38.3 Å². The number of hydrogen-bond acceptors (Lipinski definition) is 5. The molecule has 140 valence electrons. The Bertz CT molecular complexity index is 597. The molecule has 8 heteroatoms. The predicted molar refractivity (Wildman–Crippen MR) is 96.7 cm³/mol. The first-order chi connectivity index (χ1) is 11.5. The van der Waals surface area contributed by atoms with E-state index in [0.29, 0.717) is 24.5 Å². The maximum Gasteiger partial charge on any atom is 0.255 e. The molecule has 0 aromatic heterocycles. The maximum atomic E-state index is 12.0. The minimum atomic E-state index is -0.557. The topological polar surface area (TPSA) is 117 Å². The van der Waals surface area contributed by atoms with Gasteiger partial charge in [0.1, 0.15) is 0 Å². The summed E-state index contributed by atoms with van der Waals surface area (Å²) in [5.41, 5.74) is 11.9. The third-order valence-corrected chi connectivity index (χ3v) is 4.25. The van der Waals surface area contributed by atoms with Crippen molar-refractivity contribution in [1.29, 1.82) is 0 Å². The van der Waals surface area contributed by atoms with Gasteiger partial charge in [-0.2, -0.15) is 0 Å². The molecule has 5 N–H and O–H groups in total. The highest BCUT2D eigenvalue weighted by atomic mass is 35.5. The molecule has 2 amide bonds. The quantitative estimate of drug-likeness (QED) is 0.633. The number of benzene rings is 1. The van der Waals surface area contributed by atoms with Crippen LogP contribution >= 0.6 is 12.4 Å². The number of carbonyl (C=O) groups excluding carboxylic acids is 2. The van der Waals surface area contributed by atoms with Crippen molar-refractivity contribution >= 4 is 24.2 Å². The number of primary amides is 1. The first-order valence-electron chi connectivity index (χ1n) is 8.10. The monoisotopic (exact) mass is 371 g/mol. The normalized spacial score (nSPS) is 19.0. The maximum absolute atomic E-state index is 12.0. The van der Waals surface area contributed by atoms with Gasteiger partial charge in [-0.05, 0) is 36.5 Å². The number of rotatable bonds is 8. The molecule has 2 atom stereocenters. The highest BCUT2D eigenvalue weighted by Gasteiger charge is 2.25. The summed E-state index contributed by atoms with van der Waals surface area (Å²) in [6, 6.07) is 5.40. The lowest BCUT2D eigenvalue weighted by Gasteiger charge is -2.15. The average Bonchev–Trinajstić information content (AvgIpc) is 2.96. The Hall–Kier alpha value is -1.99. The zero-order chi connectivity index (χ0) is 17.5. The lowest BCUT2D eigenvalue weighted by atomic mass is 10.00. The van der Waals surface area contributed by atoms with E-state index in [4.69, 9.17) is 20.9 Å². The highest BCUT2D eigenvalue weighted by molar-refractivity contribution is 5.85. The molecule has 0 bridgehead atoms. The van der Waals surface area contributed by atoms with Crippen molar-refractivity contribution in [3.63, 3.8) is 0 Å². The Morgan fingerprint density at radius 1 is 1.28 bits per heavy atom. The molecule has 7 nitrogen and oxygen atoms in total. The van der Waals surface area contributed by atoms with Gasteiger partial charge in [-0.25, -0.2) is 0 Å². The van der Waals surface area contributed by atoms with Crippen molar-refractivity contribution in [2.24, 2.45) is 17.4 Å². The Morgan fingerprint density at radius 2 is 2.04 bits per heavy atom. The van der Waals surface area contributed by atoms with E-state index >= 15 is 0 Å². The van der Waals surface area contributed by atoms with Crippen LogP contribution in [0.15, 0.2) is 18.2 Å². The van der Waals surface area contributed by atoms with E-state index in [1.54, 1.807) is 18.2 Å². The van der Waals surface area contributed by atoms with Crippen LogP contribution in [0.3, 0.4) is 0 Å². The molecule has 0 heterocycles. The Kier molecular flexibility index (Phi) is 8.51. The number of nitrogens with one attached hydrogen (secondary N) is 1. The van der Waals surface area contributed by atoms with Crippen LogP contribution in [0.25, 0.3) is 0 Å². The fourth-order valence-electron chi connectivity index (χ4n) is 2.92. The second kappa shape index (κ2) is 10.1. The van der Waals surface area contributed by atoms with Gasteiger partial charge in [0.15, 0.2) is 18.1 Å². The van der Waals surface area contributed by atoms with Gasteiger partial charge in [0.05, 0.1) is 7.11 Å². The minimum absolute atomic E-state index is 0. The van der Waals surface area contributed by atoms with Gasteiger partial charge >= 0.3 is 0 Å². The van der Waals surface area contributed by atoms with Gasteiger partial charge in [-0.1, -0.05) is 12.5 Å². The molecule has 1 saturated carbocycles. The van der Waals surface area contributed by atoms with Crippen LogP contribution < -0.4 is 26.3 Å². The first kappa shape index (κ1) is 21.1. The summed E-state index contributed by atoms with van der Waals surface area (Å²) in [7, 11) is 1.51. The smallest absolute Gasteiger partial charge is 0.255 e. The van der Waals surface area contributed by atoms with Crippen molar-refractivity contribution in [3.05, 3.63) is 23.8 Å². The molecular weight excluding hydrogens is 346 g/mol. The molecule has 0 radical (unpaired) electrons. The van der Waals surface area contributed by atoms with Crippen LogP contribution in [0.5, 0.6) is 11.5 Å². The molecule has 0 aliphatic heterocycles. The molecule has 25 heavy (non-hydrogen) atoms. The van der Waals surface area contributed by atoms with E-state index in [9.17, 15) is 9.59 Å². The van der Waals surface area contributed by atoms with Crippen LogP contribution in [0.1, 0.15) is 31.2 Å². The summed E-state index contributed by atoms with van der Waals surface area (Å²) >= 11 is 0. The molecule has 0 spiro atoms. The summed E-state index contributed by atoms with van der Waals surface area (Å²) in [5.74, 6) is 0.650. The second-order valence-electron chi connectivity index (χ2n) is 6.08. The van der Waals surface area contributed by atoms with E-state index in [1.165, 1.54) is 7.11 Å². The zero-order valence-corrected chi connectivity index (χ0v) is 15.1. The van der Waals surface area contributed by atoms with Crippen molar-refractivity contribution in [2.75, 3.05) is 13.7 Å². The number of halogens is 1. The molecule has 1 fully saturated rings. The number of methoxy groups -OCH3 is 1. The summed E-state index contributed by atoms with van der Waals surface area (Å²) < 4.78 is 10.5.